The fourth-order valence-electron chi connectivity index (χ4n) is 3.46. The van der Waals surface area contributed by atoms with Crippen LogP contribution < -0.4 is 9.47 Å². The normalized spacial score (nSPS) is 15.2. The Balaban J connectivity index is 3.23. The van der Waals surface area contributed by atoms with Crippen LogP contribution in [0, 0.1) is 0 Å². The Morgan fingerprint density at radius 2 is 1.79 bits per heavy atom. The molecule has 1 rings (SSSR count). The van der Waals surface area contributed by atoms with E-state index in [1.807, 2.05) is 18.2 Å². The van der Waals surface area contributed by atoms with Gasteiger partial charge in [-0.3, -0.25) is 0 Å². The fraction of sp³-hybridized carbons (Fsp3) is 0.700. The number of unbranched alkanes of at least 4 members (excludes halogenated alkanes) is 1. The Morgan fingerprint density at radius 3 is 2.29 bits per heavy atom. The number of hydrogen-bond donors (Lipinski definition) is 1. The summed E-state index contributed by atoms with van der Waals surface area (Å²) in [5.41, 5.74) is -0.0884. The third-order valence-corrected chi connectivity index (χ3v) is 4.92. The minimum atomic E-state index is -0.919. The highest BCUT2D eigenvalue weighted by molar-refractivity contribution is 5.44. The third kappa shape index (κ3) is 5.12. The molecule has 0 bridgehead atoms. The average Bonchev–Trinajstić information content (AvgIpc) is 2.60. The molecule has 0 aromatic heterocycles. The molecule has 24 heavy (non-hydrogen) atoms. The van der Waals surface area contributed by atoms with E-state index in [0.29, 0.717) is 6.42 Å². The zero-order valence-corrected chi connectivity index (χ0v) is 16.3. The first-order chi connectivity index (χ1) is 11.4. The highest BCUT2D eigenvalue weighted by Crippen LogP contribution is 2.40. The number of aliphatic hydroxyl groups is 1. The first kappa shape index (κ1) is 20.8. The smallest absolute Gasteiger partial charge is 0.125 e. The average molecular weight is 338 g/mol. The molecule has 1 N–H and O–H groups in total. The monoisotopic (exact) mass is 337 g/mol. The molecule has 0 aliphatic rings. The van der Waals surface area contributed by atoms with Gasteiger partial charge < -0.3 is 19.5 Å². The molecular weight excluding hydrogens is 302 g/mol. The van der Waals surface area contributed by atoms with E-state index in [4.69, 9.17) is 9.47 Å². The number of nitrogens with zero attached hydrogens (tertiary/aromatic N) is 1. The van der Waals surface area contributed by atoms with Gasteiger partial charge >= 0.3 is 0 Å². The van der Waals surface area contributed by atoms with Gasteiger partial charge in [-0.15, -0.1) is 0 Å². The molecule has 2 unspecified atom stereocenters. The van der Waals surface area contributed by atoms with Crippen LogP contribution in [0.25, 0.3) is 0 Å². The van der Waals surface area contributed by atoms with Gasteiger partial charge in [0.15, 0.2) is 0 Å². The maximum Gasteiger partial charge on any atom is 0.125 e. The zero-order valence-electron chi connectivity index (χ0n) is 16.3. The highest BCUT2D eigenvalue weighted by atomic mass is 16.5. The molecular formula is C20H35NO3. The molecule has 4 nitrogen and oxygen atoms in total. The molecule has 1 aromatic carbocycles. The van der Waals surface area contributed by atoms with Gasteiger partial charge in [0.1, 0.15) is 11.5 Å². The molecule has 1 aromatic rings. The third-order valence-electron chi connectivity index (χ3n) is 4.92. The van der Waals surface area contributed by atoms with E-state index < -0.39 is 5.60 Å². The summed E-state index contributed by atoms with van der Waals surface area (Å²) in [7, 11) is 3.30. The first-order valence-corrected chi connectivity index (χ1v) is 9.14. The number of hydrogen-bond acceptors (Lipinski definition) is 4. The Bertz CT molecular complexity index is 488. The van der Waals surface area contributed by atoms with Gasteiger partial charge in [-0.1, -0.05) is 33.6 Å². The van der Waals surface area contributed by atoms with Crippen LogP contribution in [0.15, 0.2) is 18.2 Å². The molecule has 0 fully saturated rings. The molecule has 0 aliphatic heterocycles. The number of benzene rings is 1. The molecule has 0 saturated heterocycles. The summed E-state index contributed by atoms with van der Waals surface area (Å²) in [6.07, 6.45) is 3.42. The topological polar surface area (TPSA) is 41.9 Å². The molecule has 0 aliphatic carbocycles. The van der Waals surface area contributed by atoms with Crippen molar-refractivity contribution < 1.29 is 14.6 Å². The van der Waals surface area contributed by atoms with Gasteiger partial charge in [-0.2, -0.15) is 0 Å². The summed E-state index contributed by atoms with van der Waals surface area (Å²) in [5.74, 6) is 1.47. The van der Waals surface area contributed by atoms with Crippen molar-refractivity contribution >= 4 is 0 Å². The molecule has 0 heterocycles. The van der Waals surface area contributed by atoms with Gasteiger partial charge in [0.05, 0.1) is 19.8 Å². The van der Waals surface area contributed by atoms with Crippen LogP contribution in [0.5, 0.6) is 11.5 Å². The van der Waals surface area contributed by atoms with Crippen LogP contribution in [-0.2, 0) is 5.60 Å². The van der Waals surface area contributed by atoms with Crippen LogP contribution in [0.2, 0.25) is 0 Å². The van der Waals surface area contributed by atoms with E-state index >= 15 is 0 Å². The second-order valence-electron chi connectivity index (χ2n) is 6.48. The lowest BCUT2D eigenvalue weighted by atomic mass is 9.82. The van der Waals surface area contributed by atoms with Crippen molar-refractivity contribution in [1.82, 2.24) is 4.90 Å². The van der Waals surface area contributed by atoms with Gasteiger partial charge in [-0.05, 0) is 51.1 Å². The van der Waals surface area contributed by atoms with Crippen molar-refractivity contribution in [1.29, 1.82) is 0 Å². The van der Waals surface area contributed by atoms with Crippen molar-refractivity contribution in [2.75, 3.05) is 27.3 Å². The molecule has 138 valence electrons. The molecule has 0 amide bonds. The Morgan fingerprint density at radius 1 is 1.12 bits per heavy atom. The van der Waals surface area contributed by atoms with E-state index in [9.17, 15) is 5.11 Å². The standard InChI is InChI=1S/C20H35NO3/c1-7-10-13-20(22,15-16(4)21(8-2)9-3)18-14-17(23-5)11-12-19(18)24-6/h11-12,14,16,22H,7-10,13,15H2,1-6H3. The molecule has 0 saturated carbocycles. The van der Waals surface area contributed by atoms with E-state index in [0.717, 1.165) is 49.4 Å². The first-order valence-electron chi connectivity index (χ1n) is 9.14. The maximum absolute atomic E-state index is 11.6. The molecule has 2 atom stereocenters. The van der Waals surface area contributed by atoms with Crippen LogP contribution in [0.3, 0.4) is 0 Å². The summed E-state index contributed by atoms with van der Waals surface area (Å²) in [4.78, 5) is 2.38. The van der Waals surface area contributed by atoms with Crippen LogP contribution in [-0.4, -0.2) is 43.4 Å². The summed E-state index contributed by atoms with van der Waals surface area (Å²) in [6, 6.07) is 5.96. The van der Waals surface area contributed by atoms with Crippen molar-refractivity contribution in [3.8, 4) is 11.5 Å². The van der Waals surface area contributed by atoms with Crippen molar-refractivity contribution in [3.63, 3.8) is 0 Å². The largest absolute Gasteiger partial charge is 0.497 e. The second-order valence-corrected chi connectivity index (χ2v) is 6.48. The lowest BCUT2D eigenvalue weighted by Crippen LogP contribution is -2.40. The van der Waals surface area contributed by atoms with Crippen molar-refractivity contribution in [2.24, 2.45) is 0 Å². The minimum Gasteiger partial charge on any atom is -0.497 e. The quantitative estimate of drug-likeness (QED) is 0.657. The van der Waals surface area contributed by atoms with Gasteiger partial charge in [0, 0.05) is 11.6 Å². The fourth-order valence-corrected chi connectivity index (χ4v) is 3.46. The van der Waals surface area contributed by atoms with Crippen molar-refractivity contribution in [2.45, 2.75) is 65.0 Å². The SMILES string of the molecule is CCCCC(O)(CC(C)N(CC)CC)c1cc(OC)ccc1OC. The van der Waals surface area contributed by atoms with Gasteiger partial charge in [0.25, 0.3) is 0 Å². The van der Waals surface area contributed by atoms with E-state index in [1.165, 1.54) is 0 Å². The summed E-state index contributed by atoms with van der Waals surface area (Å²) in [6.45, 7) is 10.6. The summed E-state index contributed by atoms with van der Waals surface area (Å²) >= 11 is 0. The minimum absolute atomic E-state index is 0.290. The van der Waals surface area contributed by atoms with E-state index in [2.05, 4.69) is 32.6 Å². The van der Waals surface area contributed by atoms with Gasteiger partial charge in [-0.25, -0.2) is 0 Å². The molecule has 0 radical (unpaired) electrons. The van der Waals surface area contributed by atoms with Crippen LogP contribution in [0.4, 0.5) is 0 Å². The number of ether oxygens (including phenoxy) is 2. The van der Waals surface area contributed by atoms with Crippen LogP contribution >= 0.6 is 0 Å². The van der Waals surface area contributed by atoms with Crippen molar-refractivity contribution in [3.05, 3.63) is 23.8 Å². The zero-order chi connectivity index (χ0) is 18.2. The summed E-state index contributed by atoms with van der Waals surface area (Å²) in [5, 5.41) is 11.6. The summed E-state index contributed by atoms with van der Waals surface area (Å²) < 4.78 is 10.9. The highest BCUT2D eigenvalue weighted by Gasteiger charge is 2.35. The Kier molecular flexibility index (Phi) is 8.57. The lowest BCUT2D eigenvalue weighted by Gasteiger charge is -2.36. The second kappa shape index (κ2) is 9.90. The Labute approximate surface area is 147 Å². The molecule has 0 spiro atoms. The molecule has 4 heteroatoms. The predicted octanol–water partition coefficient (Wildman–Crippen LogP) is 4.20. The van der Waals surface area contributed by atoms with Gasteiger partial charge in [0.2, 0.25) is 0 Å². The number of methoxy groups -OCH3 is 2. The Hall–Kier alpha value is -1.26. The van der Waals surface area contributed by atoms with Crippen LogP contribution in [0.1, 0.15) is 58.9 Å². The maximum atomic E-state index is 11.6. The van der Waals surface area contributed by atoms with E-state index in [1.54, 1.807) is 14.2 Å². The van der Waals surface area contributed by atoms with E-state index in [-0.39, 0.29) is 6.04 Å². The number of rotatable bonds is 11. The lowest BCUT2D eigenvalue weighted by molar-refractivity contribution is -0.00944. The predicted molar refractivity (Wildman–Crippen MR) is 100.0 cm³/mol.